The first kappa shape index (κ1) is 16.3. The van der Waals surface area contributed by atoms with Gasteiger partial charge < -0.3 is 15.2 Å². The fourth-order valence-corrected chi connectivity index (χ4v) is 3.95. The summed E-state index contributed by atoms with van der Waals surface area (Å²) in [7, 11) is 0. The zero-order valence-corrected chi connectivity index (χ0v) is 13.4. The number of hydrogen-bond acceptors (Lipinski definition) is 3. The van der Waals surface area contributed by atoms with Gasteiger partial charge >= 0.3 is 0 Å². The first-order valence-corrected chi connectivity index (χ1v) is 8.69. The largest absolute Gasteiger partial charge is 0.394 e. The Balaban J connectivity index is 1.85. The van der Waals surface area contributed by atoms with Crippen LogP contribution < -0.4 is 5.32 Å². The van der Waals surface area contributed by atoms with Crippen LogP contribution >= 0.6 is 0 Å². The summed E-state index contributed by atoms with van der Waals surface area (Å²) in [5.41, 5.74) is -0.0841. The van der Waals surface area contributed by atoms with Gasteiger partial charge in [-0.2, -0.15) is 0 Å². The van der Waals surface area contributed by atoms with Crippen LogP contribution in [0.25, 0.3) is 0 Å². The Bertz CT molecular complexity index is 284. The van der Waals surface area contributed by atoms with Crippen molar-refractivity contribution < 1.29 is 9.84 Å². The maximum Gasteiger partial charge on any atom is 0.0614 e. The molecule has 0 saturated heterocycles. The molecular formula is C17H33NO2. The first-order valence-electron chi connectivity index (χ1n) is 8.69. The van der Waals surface area contributed by atoms with E-state index < -0.39 is 0 Å². The van der Waals surface area contributed by atoms with Crippen LogP contribution in [0.15, 0.2) is 0 Å². The molecule has 3 heteroatoms. The van der Waals surface area contributed by atoms with Crippen LogP contribution in [0.5, 0.6) is 0 Å². The molecule has 0 spiro atoms. The van der Waals surface area contributed by atoms with Crippen LogP contribution in [0.4, 0.5) is 0 Å². The van der Waals surface area contributed by atoms with E-state index in [4.69, 9.17) is 4.74 Å². The van der Waals surface area contributed by atoms with Gasteiger partial charge in [0.2, 0.25) is 0 Å². The Morgan fingerprint density at radius 1 is 1.20 bits per heavy atom. The van der Waals surface area contributed by atoms with E-state index in [9.17, 15) is 5.11 Å². The van der Waals surface area contributed by atoms with Crippen molar-refractivity contribution in [2.24, 2.45) is 5.92 Å². The average molecular weight is 283 g/mol. The Kier molecular flexibility index (Phi) is 6.31. The number of nitrogens with one attached hydrogen (secondary N) is 1. The van der Waals surface area contributed by atoms with E-state index in [1.807, 2.05) is 0 Å². The van der Waals surface area contributed by atoms with Gasteiger partial charge in [0.15, 0.2) is 0 Å². The Morgan fingerprint density at radius 3 is 2.70 bits per heavy atom. The summed E-state index contributed by atoms with van der Waals surface area (Å²) in [5.74, 6) is 0.818. The van der Waals surface area contributed by atoms with Gasteiger partial charge in [-0.3, -0.25) is 0 Å². The number of aliphatic hydroxyl groups is 1. The lowest BCUT2D eigenvalue weighted by Gasteiger charge is -2.42. The molecule has 2 saturated carbocycles. The quantitative estimate of drug-likeness (QED) is 0.786. The lowest BCUT2D eigenvalue weighted by Crippen LogP contribution is -2.53. The SMILES string of the molecule is CCCNC1(CO)CCCC(OC2CCCC(C)C2)C1. The monoisotopic (exact) mass is 283 g/mol. The van der Waals surface area contributed by atoms with Crippen molar-refractivity contribution in [2.45, 2.75) is 89.4 Å². The molecule has 0 aromatic rings. The van der Waals surface area contributed by atoms with E-state index >= 15 is 0 Å². The molecule has 2 N–H and O–H groups in total. The van der Waals surface area contributed by atoms with Gasteiger partial charge in [0.05, 0.1) is 18.8 Å². The van der Waals surface area contributed by atoms with Crippen molar-refractivity contribution in [1.29, 1.82) is 0 Å². The van der Waals surface area contributed by atoms with Crippen molar-refractivity contribution in [3.63, 3.8) is 0 Å². The summed E-state index contributed by atoms with van der Waals surface area (Å²) in [6.07, 6.45) is 11.5. The van der Waals surface area contributed by atoms with Gasteiger partial charge in [-0.05, 0) is 57.4 Å². The average Bonchev–Trinajstić information content (AvgIpc) is 2.45. The molecule has 20 heavy (non-hydrogen) atoms. The molecule has 2 rings (SSSR count). The molecule has 3 nitrogen and oxygen atoms in total. The zero-order valence-electron chi connectivity index (χ0n) is 13.4. The highest BCUT2D eigenvalue weighted by Gasteiger charge is 2.37. The number of rotatable bonds is 6. The molecule has 0 amide bonds. The fraction of sp³-hybridized carbons (Fsp3) is 1.00. The molecule has 0 heterocycles. The van der Waals surface area contributed by atoms with E-state index in [0.717, 1.165) is 31.7 Å². The molecule has 0 bridgehead atoms. The molecule has 0 aliphatic heterocycles. The van der Waals surface area contributed by atoms with Crippen LogP contribution in [0, 0.1) is 5.92 Å². The summed E-state index contributed by atoms with van der Waals surface area (Å²) in [4.78, 5) is 0. The molecule has 0 aromatic heterocycles. The predicted octanol–water partition coefficient (Wildman–Crippen LogP) is 3.26. The van der Waals surface area contributed by atoms with Gasteiger partial charge in [-0.1, -0.05) is 26.7 Å². The number of aliphatic hydroxyl groups excluding tert-OH is 1. The van der Waals surface area contributed by atoms with Crippen LogP contribution in [0.2, 0.25) is 0 Å². The Hall–Kier alpha value is -0.120. The van der Waals surface area contributed by atoms with Gasteiger partial charge in [0.25, 0.3) is 0 Å². The topological polar surface area (TPSA) is 41.5 Å². The second kappa shape index (κ2) is 7.77. The highest BCUT2D eigenvalue weighted by Crippen LogP contribution is 2.33. The molecule has 0 aromatic carbocycles. The van der Waals surface area contributed by atoms with E-state index in [1.165, 1.54) is 38.5 Å². The molecule has 0 radical (unpaired) electrons. The molecule has 4 atom stereocenters. The van der Waals surface area contributed by atoms with Crippen molar-refractivity contribution >= 4 is 0 Å². The van der Waals surface area contributed by atoms with Crippen molar-refractivity contribution in [1.82, 2.24) is 5.32 Å². The Labute approximate surface area is 124 Å². The summed E-state index contributed by atoms with van der Waals surface area (Å²) in [6, 6.07) is 0. The third-order valence-electron chi connectivity index (χ3n) is 5.13. The normalized spacial score (nSPS) is 38.9. The Morgan fingerprint density at radius 2 is 2.00 bits per heavy atom. The van der Waals surface area contributed by atoms with Crippen molar-refractivity contribution in [2.75, 3.05) is 13.2 Å². The van der Waals surface area contributed by atoms with Crippen LogP contribution in [0.3, 0.4) is 0 Å². The van der Waals surface area contributed by atoms with Gasteiger partial charge in [-0.25, -0.2) is 0 Å². The third kappa shape index (κ3) is 4.44. The minimum absolute atomic E-state index is 0.0841. The molecule has 2 aliphatic rings. The standard InChI is InChI=1S/C17H33NO2/c1-3-10-18-17(13-19)9-5-8-16(12-17)20-15-7-4-6-14(2)11-15/h14-16,18-19H,3-13H2,1-2H3. The van der Waals surface area contributed by atoms with Crippen molar-refractivity contribution in [3.05, 3.63) is 0 Å². The lowest BCUT2D eigenvalue weighted by atomic mass is 9.80. The molecule has 2 fully saturated rings. The lowest BCUT2D eigenvalue weighted by molar-refractivity contribution is -0.0745. The van der Waals surface area contributed by atoms with Gasteiger partial charge in [0.1, 0.15) is 0 Å². The molecule has 2 aliphatic carbocycles. The smallest absolute Gasteiger partial charge is 0.0614 e. The second-order valence-electron chi connectivity index (χ2n) is 7.11. The summed E-state index contributed by atoms with van der Waals surface area (Å²) in [6.45, 7) is 5.76. The van der Waals surface area contributed by atoms with E-state index in [0.29, 0.717) is 12.2 Å². The highest BCUT2D eigenvalue weighted by molar-refractivity contribution is 4.94. The maximum absolute atomic E-state index is 9.82. The maximum atomic E-state index is 9.82. The van der Waals surface area contributed by atoms with Crippen LogP contribution in [-0.2, 0) is 4.74 Å². The first-order chi connectivity index (χ1) is 9.67. The fourth-order valence-electron chi connectivity index (χ4n) is 3.95. The number of ether oxygens (including phenoxy) is 1. The summed E-state index contributed by atoms with van der Waals surface area (Å²) < 4.78 is 6.39. The second-order valence-corrected chi connectivity index (χ2v) is 7.11. The van der Waals surface area contributed by atoms with E-state index in [-0.39, 0.29) is 12.1 Å². The zero-order chi connectivity index (χ0) is 14.4. The van der Waals surface area contributed by atoms with Crippen LogP contribution in [0.1, 0.15) is 71.6 Å². The summed E-state index contributed by atoms with van der Waals surface area (Å²) in [5, 5.41) is 13.4. The van der Waals surface area contributed by atoms with Crippen molar-refractivity contribution in [3.8, 4) is 0 Å². The highest BCUT2D eigenvalue weighted by atomic mass is 16.5. The molecular weight excluding hydrogens is 250 g/mol. The minimum atomic E-state index is -0.0841. The third-order valence-corrected chi connectivity index (χ3v) is 5.13. The minimum Gasteiger partial charge on any atom is -0.394 e. The van der Waals surface area contributed by atoms with E-state index in [1.54, 1.807) is 0 Å². The van der Waals surface area contributed by atoms with Gasteiger partial charge in [0, 0.05) is 5.54 Å². The number of hydrogen-bond donors (Lipinski definition) is 2. The molecule has 4 unspecified atom stereocenters. The van der Waals surface area contributed by atoms with Crippen LogP contribution in [-0.4, -0.2) is 36.0 Å². The predicted molar refractivity (Wildman–Crippen MR) is 82.9 cm³/mol. The van der Waals surface area contributed by atoms with Gasteiger partial charge in [-0.15, -0.1) is 0 Å². The summed E-state index contributed by atoms with van der Waals surface area (Å²) >= 11 is 0. The molecule has 118 valence electrons. The van der Waals surface area contributed by atoms with E-state index in [2.05, 4.69) is 19.2 Å².